The maximum Gasteiger partial charge on any atom is 0.315 e. The van der Waals surface area contributed by atoms with Gasteiger partial charge in [0.25, 0.3) is 0 Å². The van der Waals surface area contributed by atoms with Gasteiger partial charge in [-0.3, -0.25) is 4.79 Å². The number of carbonyl (C=O) groups is 2. The van der Waals surface area contributed by atoms with E-state index in [-0.39, 0.29) is 30.4 Å². The lowest BCUT2D eigenvalue weighted by atomic mass is 9.96. The number of hydrogen-bond acceptors (Lipinski definition) is 2. The van der Waals surface area contributed by atoms with Crippen LogP contribution in [-0.2, 0) is 4.79 Å². The van der Waals surface area contributed by atoms with Crippen molar-refractivity contribution >= 4 is 11.9 Å². The van der Waals surface area contributed by atoms with Crippen LogP contribution in [0.3, 0.4) is 0 Å². The van der Waals surface area contributed by atoms with E-state index < -0.39 is 0 Å². The van der Waals surface area contributed by atoms with Crippen molar-refractivity contribution in [1.82, 2.24) is 15.5 Å². The van der Waals surface area contributed by atoms with Crippen LogP contribution in [0, 0.1) is 5.92 Å². The van der Waals surface area contributed by atoms with Gasteiger partial charge in [-0.25, -0.2) is 4.79 Å². The van der Waals surface area contributed by atoms with Gasteiger partial charge < -0.3 is 15.5 Å². The molecule has 1 aliphatic heterocycles. The summed E-state index contributed by atoms with van der Waals surface area (Å²) in [6.45, 7) is 5.81. The van der Waals surface area contributed by atoms with Crippen molar-refractivity contribution in [2.45, 2.75) is 39.2 Å². The van der Waals surface area contributed by atoms with E-state index in [9.17, 15) is 9.59 Å². The summed E-state index contributed by atoms with van der Waals surface area (Å²) in [5, 5.41) is 5.66. The molecule has 5 nitrogen and oxygen atoms in total. The molecule has 23 heavy (non-hydrogen) atoms. The van der Waals surface area contributed by atoms with Crippen molar-refractivity contribution in [2.75, 3.05) is 19.6 Å². The molecule has 1 heterocycles. The van der Waals surface area contributed by atoms with E-state index in [1.54, 1.807) is 0 Å². The molecule has 0 aromatic heterocycles. The third kappa shape index (κ3) is 5.27. The SMILES string of the molecule is CC(C)C(NC(=O)NCC(=O)N1CCCCC1)c1ccccc1. The molecule has 1 aromatic rings. The average molecular weight is 317 g/mol. The van der Waals surface area contributed by atoms with Crippen molar-refractivity contribution in [2.24, 2.45) is 5.92 Å². The van der Waals surface area contributed by atoms with Gasteiger partial charge in [0.2, 0.25) is 5.91 Å². The normalized spacial score (nSPS) is 16.0. The smallest absolute Gasteiger partial charge is 0.315 e. The number of nitrogens with zero attached hydrogens (tertiary/aromatic N) is 1. The molecule has 1 unspecified atom stereocenters. The average Bonchev–Trinajstić information content (AvgIpc) is 2.58. The lowest BCUT2D eigenvalue weighted by molar-refractivity contribution is -0.130. The maximum atomic E-state index is 12.1. The highest BCUT2D eigenvalue weighted by Gasteiger charge is 2.20. The van der Waals surface area contributed by atoms with E-state index in [1.165, 1.54) is 6.42 Å². The predicted molar refractivity (Wildman–Crippen MR) is 91.0 cm³/mol. The summed E-state index contributed by atoms with van der Waals surface area (Å²) >= 11 is 0. The molecular weight excluding hydrogens is 290 g/mol. The molecule has 2 rings (SSSR count). The zero-order valence-corrected chi connectivity index (χ0v) is 14.0. The number of piperidine rings is 1. The lowest BCUT2D eigenvalue weighted by Gasteiger charge is -2.27. The Balaban J connectivity index is 1.83. The maximum absolute atomic E-state index is 12.1. The molecular formula is C18H27N3O2. The standard InChI is InChI=1S/C18H27N3O2/c1-14(2)17(15-9-5-3-6-10-15)20-18(23)19-13-16(22)21-11-7-4-8-12-21/h3,5-6,9-10,14,17H,4,7-8,11-13H2,1-2H3,(H2,19,20,23). The minimum absolute atomic E-state index is 0.000609. The number of urea groups is 1. The van der Waals surface area contributed by atoms with Crippen LogP contribution in [0.5, 0.6) is 0 Å². The topological polar surface area (TPSA) is 61.4 Å². The summed E-state index contributed by atoms with van der Waals surface area (Å²) in [7, 11) is 0. The summed E-state index contributed by atoms with van der Waals surface area (Å²) in [4.78, 5) is 26.0. The summed E-state index contributed by atoms with van der Waals surface area (Å²) < 4.78 is 0. The fourth-order valence-electron chi connectivity index (χ4n) is 2.90. The summed E-state index contributed by atoms with van der Waals surface area (Å²) in [5.74, 6) is 0.265. The second kappa shape index (κ2) is 8.56. The molecule has 0 bridgehead atoms. The number of nitrogens with one attached hydrogen (secondary N) is 2. The third-order valence-corrected chi connectivity index (χ3v) is 4.22. The summed E-state index contributed by atoms with van der Waals surface area (Å²) in [5.41, 5.74) is 1.07. The van der Waals surface area contributed by atoms with E-state index in [2.05, 4.69) is 24.5 Å². The highest BCUT2D eigenvalue weighted by atomic mass is 16.2. The Bertz CT molecular complexity index is 510. The highest BCUT2D eigenvalue weighted by Crippen LogP contribution is 2.20. The van der Waals surface area contributed by atoms with Gasteiger partial charge in [0.05, 0.1) is 12.6 Å². The number of hydrogen-bond donors (Lipinski definition) is 2. The van der Waals surface area contributed by atoms with Crippen LogP contribution in [0.15, 0.2) is 30.3 Å². The molecule has 2 N–H and O–H groups in total. The van der Waals surface area contributed by atoms with Crippen LogP contribution in [0.4, 0.5) is 4.79 Å². The molecule has 1 aliphatic rings. The quantitative estimate of drug-likeness (QED) is 0.877. The molecule has 0 saturated carbocycles. The van der Waals surface area contributed by atoms with Gasteiger partial charge in [-0.2, -0.15) is 0 Å². The minimum Gasteiger partial charge on any atom is -0.341 e. The number of rotatable bonds is 5. The molecule has 0 aliphatic carbocycles. The first kappa shape index (κ1) is 17.3. The number of amides is 3. The van der Waals surface area contributed by atoms with Gasteiger partial charge in [0, 0.05) is 13.1 Å². The van der Waals surface area contributed by atoms with Crippen molar-refractivity contribution in [1.29, 1.82) is 0 Å². The van der Waals surface area contributed by atoms with E-state index in [1.807, 2.05) is 35.2 Å². The molecule has 1 aromatic carbocycles. The minimum atomic E-state index is -0.294. The van der Waals surface area contributed by atoms with Gasteiger partial charge in [0.15, 0.2) is 0 Å². The molecule has 0 radical (unpaired) electrons. The van der Waals surface area contributed by atoms with Crippen LogP contribution in [0.1, 0.15) is 44.7 Å². The molecule has 1 atom stereocenters. The van der Waals surface area contributed by atoms with E-state index in [0.717, 1.165) is 31.5 Å². The first-order valence-corrected chi connectivity index (χ1v) is 8.45. The predicted octanol–water partition coefficient (Wildman–Crippen LogP) is 2.70. The van der Waals surface area contributed by atoms with Gasteiger partial charge in [0.1, 0.15) is 0 Å². The second-order valence-electron chi connectivity index (χ2n) is 6.40. The molecule has 1 fully saturated rings. The Labute approximate surface area is 138 Å². The molecule has 1 saturated heterocycles. The highest BCUT2D eigenvalue weighted by molar-refractivity contribution is 5.84. The van der Waals surface area contributed by atoms with Crippen molar-refractivity contribution in [3.05, 3.63) is 35.9 Å². The van der Waals surface area contributed by atoms with Crippen molar-refractivity contribution in [3.8, 4) is 0 Å². The van der Waals surface area contributed by atoms with Gasteiger partial charge in [-0.15, -0.1) is 0 Å². The van der Waals surface area contributed by atoms with E-state index in [4.69, 9.17) is 0 Å². The van der Waals surface area contributed by atoms with Crippen LogP contribution in [0.2, 0.25) is 0 Å². The van der Waals surface area contributed by atoms with Gasteiger partial charge in [-0.1, -0.05) is 44.2 Å². The van der Waals surface area contributed by atoms with Gasteiger partial charge in [-0.05, 0) is 30.7 Å². The zero-order chi connectivity index (χ0) is 16.7. The second-order valence-corrected chi connectivity index (χ2v) is 6.40. The first-order chi connectivity index (χ1) is 11.1. The van der Waals surface area contributed by atoms with E-state index in [0.29, 0.717) is 0 Å². The monoisotopic (exact) mass is 317 g/mol. The van der Waals surface area contributed by atoms with Gasteiger partial charge >= 0.3 is 6.03 Å². The number of likely N-dealkylation sites (tertiary alicyclic amines) is 1. The summed E-state index contributed by atoms with van der Waals surface area (Å²) in [6.07, 6.45) is 3.30. The molecule has 5 heteroatoms. The largest absolute Gasteiger partial charge is 0.341 e. The fraction of sp³-hybridized carbons (Fsp3) is 0.556. The Morgan fingerprint density at radius 2 is 1.74 bits per heavy atom. The Kier molecular flexibility index (Phi) is 6.44. The molecule has 3 amide bonds. The van der Waals surface area contributed by atoms with Crippen molar-refractivity contribution in [3.63, 3.8) is 0 Å². The van der Waals surface area contributed by atoms with Crippen LogP contribution >= 0.6 is 0 Å². The van der Waals surface area contributed by atoms with Crippen LogP contribution < -0.4 is 10.6 Å². The Hall–Kier alpha value is -2.04. The molecule has 126 valence electrons. The third-order valence-electron chi connectivity index (χ3n) is 4.22. The first-order valence-electron chi connectivity index (χ1n) is 8.45. The van der Waals surface area contributed by atoms with E-state index >= 15 is 0 Å². The summed E-state index contributed by atoms with van der Waals surface area (Å²) in [6, 6.07) is 9.53. The van der Waals surface area contributed by atoms with Crippen LogP contribution in [0.25, 0.3) is 0 Å². The Morgan fingerprint density at radius 3 is 2.35 bits per heavy atom. The van der Waals surface area contributed by atoms with Crippen LogP contribution in [-0.4, -0.2) is 36.5 Å². The lowest BCUT2D eigenvalue weighted by Crippen LogP contribution is -2.46. The number of carbonyl (C=O) groups excluding carboxylic acids is 2. The number of benzene rings is 1. The zero-order valence-electron chi connectivity index (χ0n) is 14.0. The molecule has 0 spiro atoms. The fourth-order valence-corrected chi connectivity index (χ4v) is 2.90. The van der Waals surface area contributed by atoms with Crippen molar-refractivity contribution < 1.29 is 9.59 Å². The Morgan fingerprint density at radius 1 is 1.09 bits per heavy atom.